The van der Waals surface area contributed by atoms with E-state index in [0.717, 1.165) is 19.4 Å². The second-order valence-corrected chi connectivity index (χ2v) is 8.17. The molecule has 0 N–H and O–H groups in total. The minimum absolute atomic E-state index is 0.105. The van der Waals surface area contributed by atoms with Crippen LogP contribution in [0.3, 0.4) is 0 Å². The molecule has 2 nitrogen and oxygen atoms in total. The van der Waals surface area contributed by atoms with Crippen LogP contribution in [0.2, 0.25) is 0 Å². The Morgan fingerprint density at radius 1 is 1.30 bits per heavy atom. The third-order valence-corrected chi connectivity index (χ3v) is 5.65. The van der Waals surface area contributed by atoms with Crippen molar-refractivity contribution in [2.45, 2.75) is 53.5 Å². The summed E-state index contributed by atoms with van der Waals surface area (Å²) in [6.45, 7) is 11.8. The van der Waals surface area contributed by atoms with E-state index in [4.69, 9.17) is 0 Å². The van der Waals surface area contributed by atoms with E-state index in [1.54, 1.807) is 0 Å². The molecule has 23 heavy (non-hydrogen) atoms. The molecular weight excluding hydrogens is 282 g/mol. The molecule has 0 aromatic heterocycles. The minimum atomic E-state index is 0.105. The molecule has 0 spiro atoms. The molecule has 2 heteroatoms. The molecule has 1 saturated heterocycles. The van der Waals surface area contributed by atoms with Gasteiger partial charge in [-0.3, -0.25) is 4.79 Å². The van der Waals surface area contributed by atoms with Gasteiger partial charge >= 0.3 is 0 Å². The molecule has 3 rings (SSSR count). The van der Waals surface area contributed by atoms with E-state index >= 15 is 0 Å². The molecule has 1 amide bonds. The van der Waals surface area contributed by atoms with Crippen LogP contribution in [0.5, 0.6) is 0 Å². The number of likely N-dealkylation sites (tertiary alicyclic amines) is 1. The molecule has 0 radical (unpaired) electrons. The third-order valence-electron chi connectivity index (χ3n) is 5.65. The molecule has 1 aliphatic carbocycles. The standard InChI is InChI=1S/C21H29NO/c1-14(2)12-17-19(21(17,4)5)20(23)22-11-7-10-18(22)16-9-6-8-15(3)13-16/h6,8-9,12-13,17-19H,7,10-11H2,1-5H3. The predicted molar refractivity (Wildman–Crippen MR) is 95.1 cm³/mol. The number of allylic oxidation sites excluding steroid dienone is 2. The van der Waals surface area contributed by atoms with Gasteiger partial charge in [-0.1, -0.05) is 55.3 Å². The average Bonchev–Trinajstić information content (AvgIpc) is 2.86. The first kappa shape index (κ1) is 16.3. The molecule has 3 unspecified atom stereocenters. The molecule has 1 aliphatic heterocycles. The van der Waals surface area contributed by atoms with Gasteiger partial charge in [-0.05, 0) is 50.5 Å². The topological polar surface area (TPSA) is 20.3 Å². The number of amides is 1. The van der Waals surface area contributed by atoms with Gasteiger partial charge < -0.3 is 4.90 Å². The Balaban J connectivity index is 1.81. The molecule has 0 bridgehead atoms. The van der Waals surface area contributed by atoms with E-state index in [0.29, 0.717) is 11.8 Å². The van der Waals surface area contributed by atoms with Gasteiger partial charge in [0.2, 0.25) is 5.91 Å². The van der Waals surface area contributed by atoms with Crippen LogP contribution in [0.1, 0.15) is 57.7 Å². The highest BCUT2D eigenvalue weighted by molar-refractivity contribution is 5.84. The fourth-order valence-corrected chi connectivity index (χ4v) is 4.25. The van der Waals surface area contributed by atoms with Gasteiger partial charge in [-0.15, -0.1) is 0 Å². The Morgan fingerprint density at radius 3 is 2.70 bits per heavy atom. The van der Waals surface area contributed by atoms with Crippen molar-refractivity contribution in [3.63, 3.8) is 0 Å². The largest absolute Gasteiger partial charge is 0.335 e. The van der Waals surface area contributed by atoms with Crippen LogP contribution in [0.4, 0.5) is 0 Å². The molecule has 1 aromatic carbocycles. The Morgan fingerprint density at radius 2 is 2.04 bits per heavy atom. The quantitative estimate of drug-likeness (QED) is 0.727. The Hall–Kier alpha value is -1.57. The fraction of sp³-hybridized carbons (Fsp3) is 0.571. The zero-order valence-corrected chi connectivity index (χ0v) is 15.1. The maximum Gasteiger partial charge on any atom is 0.227 e. The molecule has 1 aromatic rings. The summed E-state index contributed by atoms with van der Waals surface area (Å²) in [4.78, 5) is 15.3. The summed E-state index contributed by atoms with van der Waals surface area (Å²) in [5.41, 5.74) is 3.99. The SMILES string of the molecule is CC(C)=CC1C(C(=O)N2CCCC2c2cccc(C)c2)C1(C)C. The Labute approximate surface area is 140 Å². The van der Waals surface area contributed by atoms with E-state index in [-0.39, 0.29) is 17.4 Å². The van der Waals surface area contributed by atoms with E-state index in [1.807, 2.05) is 0 Å². The van der Waals surface area contributed by atoms with Crippen LogP contribution in [-0.4, -0.2) is 17.4 Å². The lowest BCUT2D eigenvalue weighted by Gasteiger charge is -2.26. The number of aryl methyl sites for hydroxylation is 1. The first-order valence-electron chi connectivity index (χ1n) is 8.84. The van der Waals surface area contributed by atoms with Crippen molar-refractivity contribution in [3.8, 4) is 0 Å². The van der Waals surface area contributed by atoms with Gasteiger partial charge in [0.1, 0.15) is 0 Å². The number of carbonyl (C=O) groups excluding carboxylic acids is 1. The summed E-state index contributed by atoms with van der Waals surface area (Å²) < 4.78 is 0. The highest BCUT2D eigenvalue weighted by Crippen LogP contribution is 2.60. The molecule has 1 saturated carbocycles. The van der Waals surface area contributed by atoms with Crippen LogP contribution in [0.25, 0.3) is 0 Å². The maximum absolute atomic E-state index is 13.2. The highest BCUT2D eigenvalue weighted by atomic mass is 16.2. The van der Waals surface area contributed by atoms with Crippen molar-refractivity contribution < 1.29 is 4.79 Å². The molecule has 2 fully saturated rings. The zero-order valence-electron chi connectivity index (χ0n) is 15.1. The number of hydrogen-bond acceptors (Lipinski definition) is 1. The van der Waals surface area contributed by atoms with Crippen LogP contribution >= 0.6 is 0 Å². The summed E-state index contributed by atoms with van der Waals surface area (Å²) >= 11 is 0. The third kappa shape index (κ3) is 2.96. The smallest absolute Gasteiger partial charge is 0.227 e. The lowest BCUT2D eigenvalue weighted by molar-refractivity contribution is -0.134. The molecule has 2 aliphatic rings. The lowest BCUT2D eigenvalue weighted by atomic mass is 10.0. The highest BCUT2D eigenvalue weighted by Gasteiger charge is 2.61. The lowest BCUT2D eigenvalue weighted by Crippen LogP contribution is -2.33. The monoisotopic (exact) mass is 311 g/mol. The summed E-state index contributed by atoms with van der Waals surface area (Å²) in [6.07, 6.45) is 4.50. The van der Waals surface area contributed by atoms with E-state index in [1.165, 1.54) is 16.7 Å². The summed E-state index contributed by atoms with van der Waals surface area (Å²) in [5.74, 6) is 0.920. The first-order chi connectivity index (χ1) is 10.8. The van der Waals surface area contributed by atoms with Crippen molar-refractivity contribution in [1.82, 2.24) is 4.90 Å². The molecule has 124 valence electrons. The average molecular weight is 311 g/mol. The van der Waals surface area contributed by atoms with E-state index < -0.39 is 0 Å². The van der Waals surface area contributed by atoms with Crippen molar-refractivity contribution >= 4 is 5.91 Å². The first-order valence-corrected chi connectivity index (χ1v) is 8.84. The van der Waals surface area contributed by atoms with E-state index in [2.05, 4.69) is 69.9 Å². The summed E-state index contributed by atoms with van der Waals surface area (Å²) in [5, 5.41) is 0. The normalized spacial score (nSPS) is 28.6. The maximum atomic E-state index is 13.2. The zero-order chi connectivity index (χ0) is 16.8. The Bertz CT molecular complexity index is 639. The van der Waals surface area contributed by atoms with E-state index in [9.17, 15) is 4.79 Å². The fourth-order valence-electron chi connectivity index (χ4n) is 4.25. The summed E-state index contributed by atoms with van der Waals surface area (Å²) in [6, 6.07) is 8.92. The van der Waals surface area contributed by atoms with Crippen molar-refractivity contribution in [2.24, 2.45) is 17.3 Å². The van der Waals surface area contributed by atoms with Gasteiger partial charge in [0, 0.05) is 6.54 Å². The Kier molecular flexibility index (Phi) is 4.12. The minimum Gasteiger partial charge on any atom is -0.335 e. The molecular formula is C21H29NO. The van der Waals surface area contributed by atoms with Crippen LogP contribution in [-0.2, 0) is 4.79 Å². The number of nitrogens with zero attached hydrogens (tertiary/aromatic N) is 1. The second-order valence-electron chi connectivity index (χ2n) is 8.17. The van der Waals surface area contributed by atoms with Crippen molar-refractivity contribution in [2.75, 3.05) is 6.54 Å². The van der Waals surface area contributed by atoms with Crippen molar-refractivity contribution in [1.29, 1.82) is 0 Å². The van der Waals surface area contributed by atoms with Crippen LogP contribution in [0, 0.1) is 24.2 Å². The summed E-state index contributed by atoms with van der Waals surface area (Å²) in [7, 11) is 0. The van der Waals surface area contributed by atoms with Crippen molar-refractivity contribution in [3.05, 3.63) is 47.0 Å². The van der Waals surface area contributed by atoms with Gasteiger partial charge in [0.25, 0.3) is 0 Å². The van der Waals surface area contributed by atoms with Gasteiger partial charge in [0.15, 0.2) is 0 Å². The second kappa shape index (κ2) is 5.81. The van der Waals surface area contributed by atoms with Gasteiger partial charge in [-0.2, -0.15) is 0 Å². The number of rotatable bonds is 3. The molecule has 3 atom stereocenters. The van der Waals surface area contributed by atoms with Crippen LogP contribution < -0.4 is 0 Å². The van der Waals surface area contributed by atoms with Gasteiger partial charge in [0.05, 0.1) is 12.0 Å². The molecule has 1 heterocycles. The number of carbonyl (C=O) groups is 1. The van der Waals surface area contributed by atoms with Crippen LogP contribution in [0.15, 0.2) is 35.9 Å². The number of hydrogen-bond donors (Lipinski definition) is 0. The predicted octanol–water partition coefficient (Wildman–Crippen LogP) is 4.90. The van der Waals surface area contributed by atoms with Gasteiger partial charge in [-0.25, -0.2) is 0 Å². The number of benzene rings is 1.